The molecule has 1 aromatic heterocycles. The highest BCUT2D eigenvalue weighted by Gasteiger charge is 2.47. The van der Waals surface area contributed by atoms with Crippen LogP contribution in [0.15, 0.2) is 23.6 Å². The van der Waals surface area contributed by atoms with Crippen molar-refractivity contribution in [3.63, 3.8) is 0 Å². The quantitative estimate of drug-likeness (QED) is 0.301. The van der Waals surface area contributed by atoms with Gasteiger partial charge in [-0.25, -0.2) is 12.7 Å². The first-order valence-electron chi connectivity index (χ1n) is 9.38. The first-order chi connectivity index (χ1) is 15.0. The molecule has 0 fully saturated rings. The number of imide groups is 1. The lowest BCUT2D eigenvalue weighted by Crippen LogP contribution is -2.40. The summed E-state index contributed by atoms with van der Waals surface area (Å²) in [6.45, 7) is 2.05. The molecule has 13 heteroatoms. The normalized spacial score (nSPS) is 14.6. The van der Waals surface area contributed by atoms with Gasteiger partial charge >= 0.3 is 5.00 Å². The summed E-state index contributed by atoms with van der Waals surface area (Å²) in [7, 11) is 0.225. The summed E-state index contributed by atoms with van der Waals surface area (Å²) in [4.78, 5) is 37.6. The van der Waals surface area contributed by atoms with E-state index >= 15 is 0 Å². The molecule has 0 unspecified atom stereocenters. The van der Waals surface area contributed by atoms with Crippen molar-refractivity contribution in [3.8, 4) is 11.5 Å². The van der Waals surface area contributed by atoms with Crippen LogP contribution in [0.5, 0.6) is 11.5 Å². The zero-order valence-electron chi connectivity index (χ0n) is 17.7. The van der Waals surface area contributed by atoms with Crippen molar-refractivity contribution in [1.29, 1.82) is 0 Å². The molecule has 1 aliphatic heterocycles. The van der Waals surface area contributed by atoms with Crippen molar-refractivity contribution in [1.82, 2.24) is 9.21 Å². The van der Waals surface area contributed by atoms with Crippen LogP contribution in [0.2, 0.25) is 0 Å². The molecule has 0 bridgehead atoms. The lowest BCUT2D eigenvalue weighted by atomic mass is 10.1. The van der Waals surface area contributed by atoms with Gasteiger partial charge in [0.15, 0.2) is 11.5 Å². The fourth-order valence-electron chi connectivity index (χ4n) is 3.31. The third-order valence-corrected chi connectivity index (χ3v) is 7.71. The summed E-state index contributed by atoms with van der Waals surface area (Å²) in [5.74, 6) is -1.62. The Morgan fingerprint density at radius 1 is 1.22 bits per heavy atom. The number of hydrogen-bond donors (Lipinski definition) is 0. The Labute approximate surface area is 188 Å². The van der Waals surface area contributed by atoms with Crippen molar-refractivity contribution in [2.75, 3.05) is 33.6 Å². The van der Waals surface area contributed by atoms with Gasteiger partial charge in [-0.2, -0.15) is 0 Å². The fraction of sp³-hybridized carbons (Fsp3) is 0.368. The van der Waals surface area contributed by atoms with Gasteiger partial charge in [-0.3, -0.25) is 24.6 Å². The predicted octanol–water partition coefficient (Wildman–Crippen LogP) is 2.29. The molecule has 2 aromatic rings. The third-order valence-electron chi connectivity index (χ3n) is 4.93. The van der Waals surface area contributed by atoms with Gasteiger partial charge in [-0.15, -0.1) is 0 Å². The standard InChI is InChI=1S/C19H21N3O8S2/c1-5-30-15-8-11(6-7-14(15)29-4)13(10-32(27,28)20(2)3)21-17(23)12-9-31-19(22(25)26)16(12)18(21)24/h6-9,13H,5,10H2,1-4H3/t13-/m1/s1. The Morgan fingerprint density at radius 3 is 2.47 bits per heavy atom. The van der Waals surface area contributed by atoms with Crippen LogP contribution < -0.4 is 9.47 Å². The Bertz CT molecular complexity index is 1190. The van der Waals surface area contributed by atoms with E-state index in [9.17, 15) is 28.1 Å². The molecule has 0 spiro atoms. The number of nitro groups is 1. The van der Waals surface area contributed by atoms with Gasteiger partial charge in [-0.05, 0) is 24.6 Å². The van der Waals surface area contributed by atoms with Gasteiger partial charge < -0.3 is 9.47 Å². The average Bonchev–Trinajstić information content (AvgIpc) is 3.27. The summed E-state index contributed by atoms with van der Waals surface area (Å²) in [6, 6.07) is 3.32. The van der Waals surface area contributed by atoms with E-state index < -0.39 is 43.6 Å². The number of carbonyl (C=O) groups excluding carboxylic acids is 2. The van der Waals surface area contributed by atoms with Crippen LogP contribution in [-0.2, 0) is 10.0 Å². The zero-order chi connectivity index (χ0) is 23.8. The first kappa shape index (κ1) is 23.6. The molecule has 0 saturated carbocycles. The summed E-state index contributed by atoms with van der Waals surface area (Å²) in [5.41, 5.74) is -0.133. The highest BCUT2D eigenvalue weighted by atomic mass is 32.2. The number of sulfonamides is 1. The minimum Gasteiger partial charge on any atom is -0.493 e. The minimum absolute atomic E-state index is 0.113. The Kier molecular flexibility index (Phi) is 6.53. The highest BCUT2D eigenvalue weighted by Crippen LogP contribution is 2.41. The van der Waals surface area contributed by atoms with Gasteiger partial charge in [0.25, 0.3) is 11.8 Å². The molecule has 0 N–H and O–H groups in total. The Hall–Kier alpha value is -3.03. The van der Waals surface area contributed by atoms with Crippen molar-refractivity contribution < 1.29 is 32.4 Å². The lowest BCUT2D eigenvalue weighted by molar-refractivity contribution is -0.380. The van der Waals surface area contributed by atoms with Gasteiger partial charge in [0.2, 0.25) is 10.0 Å². The molecule has 0 saturated heterocycles. The molecule has 3 rings (SSSR count). The smallest absolute Gasteiger partial charge is 0.337 e. The van der Waals surface area contributed by atoms with E-state index in [2.05, 4.69) is 0 Å². The molecule has 0 radical (unpaired) electrons. The van der Waals surface area contributed by atoms with Crippen LogP contribution in [0.1, 0.15) is 39.2 Å². The topological polar surface area (TPSA) is 136 Å². The number of fused-ring (bicyclic) bond motifs is 1. The average molecular weight is 484 g/mol. The van der Waals surface area contributed by atoms with Crippen molar-refractivity contribution in [2.24, 2.45) is 0 Å². The minimum atomic E-state index is -3.88. The van der Waals surface area contributed by atoms with E-state index in [1.807, 2.05) is 0 Å². The number of carbonyl (C=O) groups is 2. The number of hydrogen-bond acceptors (Lipinski definition) is 9. The van der Waals surface area contributed by atoms with Gasteiger partial charge in [-0.1, -0.05) is 17.4 Å². The maximum atomic E-state index is 13.1. The Morgan fingerprint density at radius 2 is 1.91 bits per heavy atom. The van der Waals surface area contributed by atoms with Crippen molar-refractivity contribution in [2.45, 2.75) is 13.0 Å². The first-order valence-corrected chi connectivity index (χ1v) is 11.9. The third kappa shape index (κ3) is 4.06. The highest BCUT2D eigenvalue weighted by molar-refractivity contribution is 7.89. The summed E-state index contributed by atoms with van der Waals surface area (Å²) < 4.78 is 37.2. The molecule has 32 heavy (non-hydrogen) atoms. The maximum Gasteiger partial charge on any atom is 0.337 e. The van der Waals surface area contributed by atoms with Gasteiger partial charge in [0, 0.05) is 19.5 Å². The fourth-order valence-corrected chi connectivity index (χ4v) is 5.20. The van der Waals surface area contributed by atoms with Crippen LogP contribution in [0, 0.1) is 10.1 Å². The second-order valence-electron chi connectivity index (χ2n) is 6.99. The number of rotatable bonds is 9. The summed E-state index contributed by atoms with van der Waals surface area (Å²) in [6.07, 6.45) is 0. The van der Waals surface area contributed by atoms with Crippen LogP contribution in [0.4, 0.5) is 5.00 Å². The molecule has 11 nitrogen and oxygen atoms in total. The molecule has 1 atom stereocenters. The molecule has 2 heterocycles. The number of benzene rings is 1. The van der Waals surface area contributed by atoms with Gasteiger partial charge in [0.1, 0.15) is 5.56 Å². The second-order valence-corrected chi connectivity index (χ2v) is 10.1. The number of nitrogens with zero attached hydrogens (tertiary/aromatic N) is 3. The van der Waals surface area contributed by atoms with E-state index in [1.54, 1.807) is 6.92 Å². The molecule has 1 aliphatic rings. The van der Waals surface area contributed by atoms with E-state index in [0.717, 1.165) is 9.21 Å². The molecular formula is C19H21N3O8S2. The molecule has 1 aromatic carbocycles. The maximum absolute atomic E-state index is 13.1. The number of methoxy groups -OCH3 is 1. The summed E-state index contributed by atoms with van der Waals surface area (Å²) in [5, 5.41) is 12.1. The number of thiophene rings is 1. The van der Waals surface area contributed by atoms with E-state index in [0.29, 0.717) is 35.0 Å². The number of ether oxygens (including phenoxy) is 2. The summed E-state index contributed by atoms with van der Waals surface area (Å²) >= 11 is 0.679. The van der Waals surface area contributed by atoms with Crippen molar-refractivity contribution in [3.05, 3.63) is 50.4 Å². The van der Waals surface area contributed by atoms with Crippen molar-refractivity contribution >= 4 is 38.2 Å². The van der Waals surface area contributed by atoms with Crippen LogP contribution >= 0.6 is 11.3 Å². The van der Waals surface area contributed by atoms with Crippen LogP contribution in [0.3, 0.4) is 0 Å². The van der Waals surface area contributed by atoms with Crippen LogP contribution in [0.25, 0.3) is 0 Å². The lowest BCUT2D eigenvalue weighted by Gasteiger charge is -2.28. The van der Waals surface area contributed by atoms with E-state index in [4.69, 9.17) is 9.47 Å². The molecule has 172 valence electrons. The van der Waals surface area contributed by atoms with Gasteiger partial charge in [0.05, 0.1) is 36.0 Å². The molecular weight excluding hydrogens is 462 g/mol. The van der Waals surface area contributed by atoms with E-state index in [1.165, 1.54) is 44.8 Å². The zero-order valence-corrected chi connectivity index (χ0v) is 19.4. The van der Waals surface area contributed by atoms with E-state index in [-0.39, 0.29) is 11.1 Å². The number of amides is 2. The molecule has 0 aliphatic carbocycles. The van der Waals surface area contributed by atoms with Crippen LogP contribution in [-0.4, -0.2) is 67.9 Å². The SMILES string of the molecule is CCOc1cc([C@@H](CS(=O)(=O)N(C)C)N2C(=O)c3csc([N+](=O)[O-])c3C2=O)ccc1OC. The largest absolute Gasteiger partial charge is 0.493 e. The predicted molar refractivity (Wildman–Crippen MR) is 116 cm³/mol. The monoisotopic (exact) mass is 483 g/mol. The second kappa shape index (κ2) is 8.84. The Balaban J connectivity index is 2.15. The molecule has 2 amide bonds.